The standard InChI is InChI=1S/C22H24N2O4/c25-20(15-16-6-5-7-18(14-16)22(27)28)23-19-10-8-17(9-11-19)21(26)24-12-3-1-2-4-13-24/h5-11,14H,1-4,12-13,15H2,(H,23,25)(H,27,28). The molecule has 0 atom stereocenters. The van der Waals surface area contributed by atoms with E-state index < -0.39 is 5.97 Å². The minimum Gasteiger partial charge on any atom is -0.478 e. The molecule has 0 aromatic heterocycles. The van der Waals surface area contributed by atoms with E-state index in [1.54, 1.807) is 36.4 Å². The Morgan fingerprint density at radius 2 is 1.57 bits per heavy atom. The Morgan fingerprint density at radius 1 is 0.893 bits per heavy atom. The van der Waals surface area contributed by atoms with Gasteiger partial charge in [-0.2, -0.15) is 0 Å². The molecule has 0 aliphatic carbocycles. The fourth-order valence-corrected chi connectivity index (χ4v) is 3.36. The molecule has 1 heterocycles. The van der Waals surface area contributed by atoms with E-state index in [-0.39, 0.29) is 23.8 Å². The molecule has 1 saturated heterocycles. The van der Waals surface area contributed by atoms with Gasteiger partial charge in [0.25, 0.3) is 5.91 Å². The van der Waals surface area contributed by atoms with Gasteiger partial charge in [0.2, 0.25) is 5.91 Å². The summed E-state index contributed by atoms with van der Waals surface area (Å²) in [6.07, 6.45) is 4.51. The van der Waals surface area contributed by atoms with Crippen LogP contribution in [-0.2, 0) is 11.2 Å². The van der Waals surface area contributed by atoms with Gasteiger partial charge >= 0.3 is 5.97 Å². The van der Waals surface area contributed by atoms with E-state index in [4.69, 9.17) is 5.11 Å². The molecule has 0 bridgehead atoms. The van der Waals surface area contributed by atoms with Crippen LogP contribution in [0.4, 0.5) is 5.69 Å². The van der Waals surface area contributed by atoms with Gasteiger partial charge in [0.05, 0.1) is 12.0 Å². The molecule has 0 spiro atoms. The molecule has 2 amide bonds. The highest BCUT2D eigenvalue weighted by Crippen LogP contribution is 2.16. The minimum absolute atomic E-state index is 0.0327. The maximum atomic E-state index is 12.6. The molecular formula is C22H24N2O4. The Hall–Kier alpha value is -3.15. The van der Waals surface area contributed by atoms with Crippen LogP contribution in [0, 0.1) is 0 Å². The predicted octanol–water partition coefficient (Wildman–Crippen LogP) is 3.58. The molecule has 2 N–H and O–H groups in total. The van der Waals surface area contributed by atoms with Crippen molar-refractivity contribution < 1.29 is 19.5 Å². The summed E-state index contributed by atoms with van der Waals surface area (Å²) in [7, 11) is 0. The van der Waals surface area contributed by atoms with E-state index >= 15 is 0 Å². The van der Waals surface area contributed by atoms with Gasteiger partial charge < -0.3 is 15.3 Å². The summed E-state index contributed by atoms with van der Waals surface area (Å²) in [5, 5.41) is 11.8. The van der Waals surface area contributed by atoms with Gasteiger partial charge in [-0.05, 0) is 54.8 Å². The third-order valence-electron chi connectivity index (χ3n) is 4.85. The van der Waals surface area contributed by atoms with Crippen LogP contribution in [0.1, 0.15) is 52.0 Å². The van der Waals surface area contributed by atoms with Crippen molar-refractivity contribution in [1.29, 1.82) is 0 Å². The van der Waals surface area contributed by atoms with Crippen molar-refractivity contribution in [2.75, 3.05) is 18.4 Å². The number of aromatic carboxylic acids is 1. The Bertz CT molecular complexity index is 853. The number of carboxylic acid groups (broad SMARTS) is 1. The summed E-state index contributed by atoms with van der Waals surface area (Å²) in [5.74, 6) is -1.23. The second-order valence-corrected chi connectivity index (χ2v) is 7.01. The second-order valence-electron chi connectivity index (χ2n) is 7.01. The Labute approximate surface area is 164 Å². The number of amides is 2. The summed E-state index contributed by atoms with van der Waals surface area (Å²) >= 11 is 0. The van der Waals surface area contributed by atoms with Crippen LogP contribution in [0.2, 0.25) is 0 Å². The first-order valence-corrected chi connectivity index (χ1v) is 9.54. The summed E-state index contributed by atoms with van der Waals surface area (Å²) in [4.78, 5) is 37.8. The third kappa shape index (κ3) is 5.19. The van der Waals surface area contributed by atoms with Gasteiger partial charge in [-0.1, -0.05) is 25.0 Å². The highest BCUT2D eigenvalue weighted by Gasteiger charge is 2.17. The van der Waals surface area contributed by atoms with Crippen molar-refractivity contribution in [2.45, 2.75) is 32.1 Å². The smallest absolute Gasteiger partial charge is 0.335 e. The summed E-state index contributed by atoms with van der Waals surface area (Å²) < 4.78 is 0. The van der Waals surface area contributed by atoms with Gasteiger partial charge in [0.1, 0.15) is 0 Å². The maximum absolute atomic E-state index is 12.6. The number of benzene rings is 2. The molecule has 2 aromatic carbocycles. The molecule has 1 aliphatic heterocycles. The van der Waals surface area contributed by atoms with Crippen LogP contribution in [0.15, 0.2) is 48.5 Å². The Balaban J connectivity index is 1.59. The van der Waals surface area contributed by atoms with Crippen molar-refractivity contribution in [3.63, 3.8) is 0 Å². The summed E-state index contributed by atoms with van der Waals surface area (Å²) in [6, 6.07) is 13.2. The lowest BCUT2D eigenvalue weighted by atomic mass is 10.1. The number of nitrogens with zero attached hydrogens (tertiary/aromatic N) is 1. The quantitative estimate of drug-likeness (QED) is 0.830. The molecular weight excluding hydrogens is 356 g/mol. The highest BCUT2D eigenvalue weighted by molar-refractivity contribution is 5.96. The van der Waals surface area contributed by atoms with Crippen LogP contribution < -0.4 is 5.32 Å². The highest BCUT2D eigenvalue weighted by atomic mass is 16.4. The van der Waals surface area contributed by atoms with Crippen LogP contribution in [0.5, 0.6) is 0 Å². The molecule has 2 aromatic rings. The van der Waals surface area contributed by atoms with Crippen LogP contribution in [0.3, 0.4) is 0 Å². The van der Waals surface area contributed by atoms with E-state index in [1.807, 2.05) is 4.90 Å². The molecule has 1 aliphatic rings. The lowest BCUT2D eigenvalue weighted by Crippen LogP contribution is -2.31. The fraction of sp³-hybridized carbons (Fsp3) is 0.318. The SMILES string of the molecule is O=C(Cc1cccc(C(=O)O)c1)Nc1ccc(C(=O)N2CCCCCC2)cc1. The number of rotatable bonds is 5. The summed E-state index contributed by atoms with van der Waals surface area (Å²) in [5.41, 5.74) is 2.01. The first-order chi connectivity index (χ1) is 13.5. The molecule has 6 heteroatoms. The lowest BCUT2D eigenvalue weighted by molar-refractivity contribution is -0.115. The van der Waals surface area contributed by atoms with Crippen molar-refractivity contribution in [3.05, 3.63) is 65.2 Å². The lowest BCUT2D eigenvalue weighted by Gasteiger charge is -2.20. The molecule has 1 fully saturated rings. The van der Waals surface area contributed by atoms with Crippen molar-refractivity contribution >= 4 is 23.5 Å². The predicted molar refractivity (Wildman–Crippen MR) is 107 cm³/mol. The number of nitrogens with one attached hydrogen (secondary N) is 1. The molecule has 0 unspecified atom stereocenters. The van der Waals surface area contributed by atoms with Crippen LogP contribution in [0.25, 0.3) is 0 Å². The zero-order valence-corrected chi connectivity index (χ0v) is 15.7. The van der Waals surface area contributed by atoms with Crippen molar-refractivity contribution in [1.82, 2.24) is 4.90 Å². The van der Waals surface area contributed by atoms with Gasteiger partial charge in [0, 0.05) is 24.3 Å². The molecule has 0 saturated carbocycles. The molecule has 6 nitrogen and oxygen atoms in total. The fourth-order valence-electron chi connectivity index (χ4n) is 3.36. The first kappa shape index (κ1) is 19.6. The first-order valence-electron chi connectivity index (χ1n) is 9.54. The van der Waals surface area contributed by atoms with Crippen LogP contribution >= 0.6 is 0 Å². The van der Waals surface area contributed by atoms with Crippen LogP contribution in [-0.4, -0.2) is 40.9 Å². The molecule has 146 valence electrons. The van der Waals surface area contributed by atoms with Crippen molar-refractivity contribution in [2.24, 2.45) is 0 Å². The molecule has 0 radical (unpaired) electrons. The van der Waals surface area contributed by atoms with Crippen molar-refractivity contribution in [3.8, 4) is 0 Å². The number of carbonyl (C=O) groups is 3. The number of anilines is 1. The van der Waals surface area contributed by atoms with Gasteiger partial charge in [0.15, 0.2) is 0 Å². The van der Waals surface area contributed by atoms with Gasteiger partial charge in [-0.3, -0.25) is 9.59 Å². The number of hydrogen-bond donors (Lipinski definition) is 2. The van der Waals surface area contributed by atoms with E-state index in [9.17, 15) is 14.4 Å². The number of hydrogen-bond acceptors (Lipinski definition) is 3. The third-order valence-corrected chi connectivity index (χ3v) is 4.85. The molecule has 3 rings (SSSR count). The van der Waals surface area contributed by atoms with E-state index in [0.29, 0.717) is 16.8 Å². The van der Waals surface area contributed by atoms with E-state index in [0.717, 1.165) is 25.9 Å². The molecule has 28 heavy (non-hydrogen) atoms. The Morgan fingerprint density at radius 3 is 2.21 bits per heavy atom. The average molecular weight is 380 g/mol. The maximum Gasteiger partial charge on any atom is 0.335 e. The number of carboxylic acids is 1. The monoisotopic (exact) mass is 380 g/mol. The normalized spacial score (nSPS) is 14.2. The minimum atomic E-state index is -1.02. The van der Waals surface area contributed by atoms with E-state index in [2.05, 4.69) is 5.32 Å². The van der Waals surface area contributed by atoms with E-state index in [1.165, 1.54) is 25.0 Å². The Kier molecular flexibility index (Phi) is 6.42. The zero-order valence-electron chi connectivity index (χ0n) is 15.7. The zero-order chi connectivity index (χ0) is 19.9. The topological polar surface area (TPSA) is 86.7 Å². The summed E-state index contributed by atoms with van der Waals surface area (Å²) in [6.45, 7) is 1.60. The second kappa shape index (κ2) is 9.17. The average Bonchev–Trinajstić information content (AvgIpc) is 2.97. The number of carbonyl (C=O) groups excluding carboxylic acids is 2. The number of likely N-dealkylation sites (tertiary alicyclic amines) is 1. The van der Waals surface area contributed by atoms with Gasteiger partial charge in [-0.25, -0.2) is 4.79 Å². The van der Waals surface area contributed by atoms with Gasteiger partial charge in [-0.15, -0.1) is 0 Å². The largest absolute Gasteiger partial charge is 0.478 e.